The van der Waals surface area contributed by atoms with Crippen molar-refractivity contribution in [2.75, 3.05) is 19.7 Å². The van der Waals surface area contributed by atoms with E-state index in [1.165, 1.54) is 11.1 Å². The summed E-state index contributed by atoms with van der Waals surface area (Å²) in [5.74, 6) is 0.792. The van der Waals surface area contributed by atoms with Crippen molar-refractivity contribution in [1.82, 2.24) is 5.06 Å². The Bertz CT molecular complexity index is 676. The van der Waals surface area contributed by atoms with Crippen LogP contribution in [0.3, 0.4) is 0 Å². The molecule has 138 valence electrons. The monoisotopic (exact) mass is 353 g/mol. The lowest BCUT2D eigenvalue weighted by atomic mass is 9.98. The van der Waals surface area contributed by atoms with Crippen molar-refractivity contribution in [1.29, 1.82) is 0 Å². The van der Waals surface area contributed by atoms with Gasteiger partial charge in [-0.2, -0.15) is 0 Å². The van der Waals surface area contributed by atoms with Gasteiger partial charge in [-0.25, -0.2) is 0 Å². The number of rotatable bonds is 7. The van der Waals surface area contributed by atoms with Crippen molar-refractivity contribution in [3.63, 3.8) is 0 Å². The van der Waals surface area contributed by atoms with E-state index in [0.717, 1.165) is 44.5 Å². The van der Waals surface area contributed by atoms with Crippen LogP contribution in [-0.2, 0) is 16.0 Å². The van der Waals surface area contributed by atoms with Gasteiger partial charge in [0.2, 0.25) is 0 Å². The lowest BCUT2D eigenvalue weighted by Gasteiger charge is -2.30. The van der Waals surface area contributed by atoms with Gasteiger partial charge in [-0.15, -0.1) is 5.06 Å². The van der Waals surface area contributed by atoms with Crippen LogP contribution in [0, 0.1) is 5.92 Å². The molecule has 0 atom stereocenters. The van der Waals surface area contributed by atoms with E-state index in [2.05, 4.69) is 36.4 Å². The highest BCUT2D eigenvalue weighted by Gasteiger charge is 2.27. The number of piperidine rings is 1. The summed E-state index contributed by atoms with van der Waals surface area (Å²) in [7, 11) is 0. The van der Waals surface area contributed by atoms with Gasteiger partial charge >= 0.3 is 5.97 Å². The molecule has 1 saturated heterocycles. The highest BCUT2D eigenvalue weighted by molar-refractivity contribution is 5.72. The van der Waals surface area contributed by atoms with E-state index in [-0.39, 0.29) is 11.9 Å². The summed E-state index contributed by atoms with van der Waals surface area (Å²) in [5, 5.41) is 1.94. The zero-order chi connectivity index (χ0) is 18.2. The number of hydroxylamine groups is 2. The standard InChI is InChI=1S/C22H27NO3/c1-2-16-25-22(24)20-12-14-23(15-13-20)26-21-10-8-19(9-11-21)17-18-6-4-3-5-7-18/h3-11,20H,2,12-17H2,1H3. The van der Waals surface area contributed by atoms with Crippen LogP contribution < -0.4 is 4.84 Å². The number of hydrogen-bond acceptors (Lipinski definition) is 4. The Kier molecular flexibility index (Phi) is 6.67. The maximum atomic E-state index is 11.9. The molecule has 1 aliphatic heterocycles. The predicted molar refractivity (Wildman–Crippen MR) is 102 cm³/mol. The van der Waals surface area contributed by atoms with E-state index in [4.69, 9.17) is 9.57 Å². The van der Waals surface area contributed by atoms with Crippen LogP contribution in [0.15, 0.2) is 54.6 Å². The molecule has 0 bridgehead atoms. The van der Waals surface area contributed by atoms with Crippen LogP contribution >= 0.6 is 0 Å². The number of ether oxygens (including phenoxy) is 1. The molecule has 26 heavy (non-hydrogen) atoms. The molecule has 0 spiro atoms. The number of nitrogens with zero attached hydrogens (tertiary/aromatic N) is 1. The molecule has 0 aromatic heterocycles. The van der Waals surface area contributed by atoms with Crippen molar-refractivity contribution in [3.05, 3.63) is 65.7 Å². The van der Waals surface area contributed by atoms with E-state index in [9.17, 15) is 4.79 Å². The highest BCUT2D eigenvalue weighted by Crippen LogP contribution is 2.22. The first kappa shape index (κ1) is 18.5. The van der Waals surface area contributed by atoms with Gasteiger partial charge in [0, 0.05) is 13.1 Å². The minimum Gasteiger partial charge on any atom is -0.465 e. The molecule has 3 rings (SSSR count). The van der Waals surface area contributed by atoms with E-state index < -0.39 is 0 Å². The fourth-order valence-corrected chi connectivity index (χ4v) is 3.15. The second kappa shape index (κ2) is 9.39. The smallest absolute Gasteiger partial charge is 0.309 e. The minimum absolute atomic E-state index is 0.00893. The molecular formula is C22H27NO3. The fourth-order valence-electron chi connectivity index (χ4n) is 3.15. The summed E-state index contributed by atoms with van der Waals surface area (Å²) in [6, 6.07) is 18.7. The third kappa shape index (κ3) is 5.33. The summed E-state index contributed by atoms with van der Waals surface area (Å²) in [4.78, 5) is 17.9. The largest absolute Gasteiger partial charge is 0.465 e. The molecule has 1 aliphatic rings. The Morgan fingerprint density at radius 1 is 1.00 bits per heavy atom. The predicted octanol–water partition coefficient (Wildman–Crippen LogP) is 4.24. The zero-order valence-corrected chi connectivity index (χ0v) is 15.4. The SMILES string of the molecule is CCCOC(=O)C1CCN(Oc2ccc(Cc3ccccc3)cc2)CC1. The van der Waals surface area contributed by atoms with Gasteiger partial charge in [0.05, 0.1) is 12.5 Å². The average Bonchev–Trinajstić information content (AvgIpc) is 2.69. The summed E-state index contributed by atoms with van der Waals surface area (Å²) >= 11 is 0. The second-order valence-corrected chi connectivity index (χ2v) is 6.77. The van der Waals surface area contributed by atoms with Gasteiger partial charge in [-0.05, 0) is 48.9 Å². The lowest BCUT2D eigenvalue weighted by Crippen LogP contribution is -2.39. The molecule has 0 aliphatic carbocycles. The number of benzene rings is 2. The Morgan fingerprint density at radius 2 is 1.65 bits per heavy atom. The zero-order valence-electron chi connectivity index (χ0n) is 15.4. The average molecular weight is 353 g/mol. The van der Waals surface area contributed by atoms with Crippen LogP contribution in [-0.4, -0.2) is 30.7 Å². The van der Waals surface area contributed by atoms with Crippen LogP contribution in [0.25, 0.3) is 0 Å². The van der Waals surface area contributed by atoms with Crippen molar-refractivity contribution in [3.8, 4) is 5.75 Å². The number of hydrogen-bond donors (Lipinski definition) is 0. The Hall–Kier alpha value is -2.33. The molecule has 1 heterocycles. The summed E-state index contributed by atoms with van der Waals surface area (Å²) < 4.78 is 5.25. The van der Waals surface area contributed by atoms with Crippen LogP contribution in [0.5, 0.6) is 5.75 Å². The summed E-state index contributed by atoms with van der Waals surface area (Å²) in [6.07, 6.45) is 3.36. The first-order chi connectivity index (χ1) is 12.7. The molecular weight excluding hydrogens is 326 g/mol. The maximum absolute atomic E-state index is 11.9. The number of esters is 1. The maximum Gasteiger partial charge on any atom is 0.309 e. The molecule has 0 unspecified atom stereocenters. The van der Waals surface area contributed by atoms with Gasteiger partial charge in [0.1, 0.15) is 5.75 Å². The van der Waals surface area contributed by atoms with Gasteiger partial charge in [0.25, 0.3) is 0 Å². The Morgan fingerprint density at radius 3 is 2.31 bits per heavy atom. The van der Waals surface area contributed by atoms with E-state index in [1.54, 1.807) is 0 Å². The normalized spacial score (nSPS) is 15.6. The first-order valence-electron chi connectivity index (χ1n) is 9.47. The molecule has 4 heteroatoms. The fraction of sp³-hybridized carbons (Fsp3) is 0.409. The molecule has 1 fully saturated rings. The molecule has 0 radical (unpaired) electrons. The quantitative estimate of drug-likeness (QED) is 0.698. The highest BCUT2D eigenvalue weighted by atomic mass is 16.7. The number of carbonyl (C=O) groups is 1. The van der Waals surface area contributed by atoms with Crippen molar-refractivity contribution in [2.24, 2.45) is 5.92 Å². The molecule has 4 nitrogen and oxygen atoms in total. The molecule has 0 saturated carbocycles. The lowest BCUT2D eigenvalue weighted by molar-refractivity contribution is -0.154. The van der Waals surface area contributed by atoms with Crippen molar-refractivity contribution in [2.45, 2.75) is 32.6 Å². The third-order valence-corrected chi connectivity index (χ3v) is 4.64. The van der Waals surface area contributed by atoms with Gasteiger partial charge in [0.15, 0.2) is 0 Å². The van der Waals surface area contributed by atoms with Crippen LogP contribution in [0.2, 0.25) is 0 Å². The summed E-state index contributed by atoms with van der Waals surface area (Å²) in [6.45, 7) is 4.02. The van der Waals surface area contributed by atoms with Gasteiger partial charge < -0.3 is 9.57 Å². The van der Waals surface area contributed by atoms with Crippen LogP contribution in [0.1, 0.15) is 37.3 Å². The number of carbonyl (C=O) groups excluding carboxylic acids is 1. The third-order valence-electron chi connectivity index (χ3n) is 4.64. The van der Waals surface area contributed by atoms with E-state index in [0.29, 0.717) is 6.61 Å². The topological polar surface area (TPSA) is 38.8 Å². The first-order valence-corrected chi connectivity index (χ1v) is 9.47. The Labute approximate surface area is 155 Å². The van der Waals surface area contributed by atoms with E-state index in [1.807, 2.05) is 30.2 Å². The Balaban J connectivity index is 1.46. The van der Waals surface area contributed by atoms with Crippen molar-refractivity contribution < 1.29 is 14.4 Å². The molecule has 2 aromatic rings. The van der Waals surface area contributed by atoms with Gasteiger partial charge in [-0.1, -0.05) is 49.4 Å². The summed E-state index contributed by atoms with van der Waals surface area (Å²) in [5.41, 5.74) is 2.57. The van der Waals surface area contributed by atoms with Crippen molar-refractivity contribution >= 4 is 5.97 Å². The molecule has 2 aromatic carbocycles. The minimum atomic E-state index is -0.0586. The second-order valence-electron chi connectivity index (χ2n) is 6.77. The molecule has 0 N–H and O–H groups in total. The molecule has 0 amide bonds. The van der Waals surface area contributed by atoms with Gasteiger partial charge in [-0.3, -0.25) is 4.79 Å². The van der Waals surface area contributed by atoms with Crippen LogP contribution in [0.4, 0.5) is 0 Å². The van der Waals surface area contributed by atoms with E-state index >= 15 is 0 Å².